The molecule has 1 fully saturated rings. The molecule has 0 aliphatic carbocycles. The summed E-state index contributed by atoms with van der Waals surface area (Å²) in [5, 5.41) is 11.3. The van der Waals surface area contributed by atoms with Crippen molar-refractivity contribution in [2.24, 2.45) is 0 Å². The van der Waals surface area contributed by atoms with Gasteiger partial charge in [0.2, 0.25) is 5.91 Å². The lowest BCUT2D eigenvalue weighted by Crippen LogP contribution is -2.61. The van der Waals surface area contributed by atoms with Gasteiger partial charge in [0.1, 0.15) is 11.4 Å². The van der Waals surface area contributed by atoms with E-state index < -0.39 is 11.1 Å². The van der Waals surface area contributed by atoms with Gasteiger partial charge in [-0.2, -0.15) is 0 Å². The van der Waals surface area contributed by atoms with E-state index in [1.165, 1.54) is 0 Å². The van der Waals surface area contributed by atoms with Gasteiger partial charge >= 0.3 is 6.09 Å². The van der Waals surface area contributed by atoms with Gasteiger partial charge in [-0.05, 0) is 46.8 Å². The van der Waals surface area contributed by atoms with E-state index in [9.17, 15) is 9.59 Å². The second kappa shape index (κ2) is 8.59. The number of rotatable bonds is 5. The summed E-state index contributed by atoms with van der Waals surface area (Å²) >= 11 is 0. The van der Waals surface area contributed by atoms with Crippen LogP contribution in [-0.2, 0) is 16.0 Å². The molecule has 2 aromatic rings. The van der Waals surface area contributed by atoms with Gasteiger partial charge in [-0.1, -0.05) is 6.07 Å². The van der Waals surface area contributed by atoms with Crippen LogP contribution < -0.4 is 5.32 Å². The Morgan fingerprint density at radius 2 is 1.77 bits per heavy atom. The predicted octanol–water partition coefficient (Wildman–Crippen LogP) is 1.72. The van der Waals surface area contributed by atoms with Crippen LogP contribution in [0.15, 0.2) is 24.4 Å². The number of nitrogens with zero attached hydrogens (tertiary/aromatic N) is 5. The Morgan fingerprint density at radius 1 is 1.07 bits per heavy atom. The lowest BCUT2D eigenvalue weighted by molar-refractivity contribution is -0.132. The first-order valence-electron chi connectivity index (χ1n) is 10.4. The first kappa shape index (κ1) is 22.0. The van der Waals surface area contributed by atoms with E-state index >= 15 is 0 Å². The lowest BCUT2D eigenvalue weighted by atomic mass is 10.00. The fraction of sp³-hybridized carbons (Fsp3) is 0.619. The van der Waals surface area contributed by atoms with Gasteiger partial charge in [-0.25, -0.2) is 4.79 Å². The minimum Gasteiger partial charge on any atom is -0.444 e. The van der Waals surface area contributed by atoms with E-state index in [1.807, 2.05) is 63.4 Å². The van der Waals surface area contributed by atoms with E-state index in [0.717, 1.165) is 11.5 Å². The van der Waals surface area contributed by atoms with Crippen molar-refractivity contribution in [3.8, 4) is 0 Å². The third-order valence-electron chi connectivity index (χ3n) is 5.30. The number of hydrogen-bond donors (Lipinski definition) is 1. The highest BCUT2D eigenvalue weighted by Crippen LogP contribution is 2.19. The third kappa shape index (κ3) is 5.08. The molecule has 0 radical (unpaired) electrons. The molecule has 30 heavy (non-hydrogen) atoms. The van der Waals surface area contributed by atoms with Gasteiger partial charge in [-0.3, -0.25) is 14.1 Å². The average molecular weight is 417 g/mol. The largest absolute Gasteiger partial charge is 0.444 e. The molecule has 1 saturated heterocycles. The van der Waals surface area contributed by atoms with Crippen molar-refractivity contribution in [1.29, 1.82) is 0 Å². The van der Waals surface area contributed by atoms with Gasteiger partial charge in [0.15, 0.2) is 5.65 Å². The first-order valence-corrected chi connectivity index (χ1v) is 10.4. The third-order valence-corrected chi connectivity index (χ3v) is 5.30. The molecule has 0 saturated carbocycles. The zero-order valence-electron chi connectivity index (χ0n) is 18.5. The number of amides is 2. The molecule has 1 aliphatic rings. The molecule has 9 nitrogen and oxygen atoms in total. The normalized spacial score (nSPS) is 16.0. The second-order valence-electron chi connectivity index (χ2n) is 9.06. The molecular formula is C21H32N6O3. The SMILES string of the molecule is CC(C)(C)OC(=O)N1CCN(C(C)(C)C(=O)NCCc2nnc3ccccn23)CC1. The van der Waals surface area contributed by atoms with Crippen LogP contribution in [0, 0.1) is 0 Å². The number of carbonyl (C=O) groups is 2. The Labute approximate surface area is 177 Å². The van der Waals surface area contributed by atoms with E-state index in [0.29, 0.717) is 39.1 Å². The van der Waals surface area contributed by atoms with Crippen LogP contribution in [0.4, 0.5) is 4.79 Å². The first-order chi connectivity index (χ1) is 14.1. The molecule has 3 rings (SSSR count). The summed E-state index contributed by atoms with van der Waals surface area (Å²) in [7, 11) is 0. The summed E-state index contributed by atoms with van der Waals surface area (Å²) in [5.74, 6) is 0.775. The fourth-order valence-electron chi connectivity index (χ4n) is 3.48. The number of nitrogens with one attached hydrogen (secondary N) is 1. The zero-order valence-corrected chi connectivity index (χ0v) is 18.5. The van der Waals surface area contributed by atoms with Crippen molar-refractivity contribution in [3.05, 3.63) is 30.2 Å². The molecule has 1 N–H and O–H groups in total. The highest BCUT2D eigenvalue weighted by atomic mass is 16.6. The van der Waals surface area contributed by atoms with Gasteiger partial charge in [0.05, 0.1) is 5.54 Å². The van der Waals surface area contributed by atoms with E-state index in [1.54, 1.807) is 4.90 Å². The van der Waals surface area contributed by atoms with Crippen LogP contribution in [0.2, 0.25) is 0 Å². The number of piperazine rings is 1. The van der Waals surface area contributed by atoms with Crippen LogP contribution in [0.25, 0.3) is 5.65 Å². The van der Waals surface area contributed by atoms with E-state index in [-0.39, 0.29) is 12.0 Å². The molecule has 164 valence electrons. The smallest absolute Gasteiger partial charge is 0.410 e. The quantitative estimate of drug-likeness (QED) is 0.798. The monoisotopic (exact) mass is 416 g/mol. The Hall–Kier alpha value is -2.68. The summed E-state index contributed by atoms with van der Waals surface area (Å²) in [5.41, 5.74) is -0.391. The van der Waals surface area contributed by atoms with Crippen LogP contribution >= 0.6 is 0 Å². The molecule has 0 atom stereocenters. The Balaban J connectivity index is 1.49. The second-order valence-corrected chi connectivity index (χ2v) is 9.06. The Bertz CT molecular complexity index is 894. The molecule has 2 amide bonds. The van der Waals surface area contributed by atoms with Gasteiger partial charge in [0.25, 0.3) is 0 Å². The number of aromatic nitrogens is 3. The molecule has 9 heteroatoms. The predicted molar refractivity (Wildman–Crippen MR) is 113 cm³/mol. The molecule has 2 aromatic heterocycles. The van der Waals surface area contributed by atoms with Crippen molar-refractivity contribution < 1.29 is 14.3 Å². The Morgan fingerprint density at radius 3 is 2.43 bits per heavy atom. The van der Waals surface area contributed by atoms with Crippen LogP contribution in [0.5, 0.6) is 0 Å². The van der Waals surface area contributed by atoms with E-state index in [2.05, 4.69) is 20.4 Å². The fourth-order valence-corrected chi connectivity index (χ4v) is 3.48. The molecular weight excluding hydrogens is 384 g/mol. The number of carbonyl (C=O) groups excluding carboxylic acids is 2. The summed E-state index contributed by atoms with van der Waals surface area (Å²) in [4.78, 5) is 28.9. The number of ether oxygens (including phenoxy) is 1. The number of pyridine rings is 1. The summed E-state index contributed by atoms with van der Waals surface area (Å²) in [6, 6.07) is 5.74. The Kier molecular flexibility index (Phi) is 6.30. The van der Waals surface area contributed by atoms with E-state index in [4.69, 9.17) is 4.74 Å². The maximum Gasteiger partial charge on any atom is 0.410 e. The maximum absolute atomic E-state index is 12.9. The molecule has 0 aromatic carbocycles. The molecule has 0 bridgehead atoms. The number of hydrogen-bond acceptors (Lipinski definition) is 6. The van der Waals surface area contributed by atoms with Crippen LogP contribution in [0.3, 0.4) is 0 Å². The van der Waals surface area contributed by atoms with Crippen molar-refractivity contribution >= 4 is 17.6 Å². The average Bonchev–Trinajstić information content (AvgIpc) is 3.10. The molecule has 0 spiro atoms. The topological polar surface area (TPSA) is 92.1 Å². The summed E-state index contributed by atoms with van der Waals surface area (Å²) < 4.78 is 7.36. The van der Waals surface area contributed by atoms with Crippen LogP contribution in [0.1, 0.15) is 40.4 Å². The van der Waals surface area contributed by atoms with Crippen molar-refractivity contribution in [3.63, 3.8) is 0 Å². The zero-order chi connectivity index (χ0) is 21.9. The summed E-state index contributed by atoms with van der Waals surface area (Å²) in [6.07, 6.45) is 2.21. The lowest BCUT2D eigenvalue weighted by Gasteiger charge is -2.43. The highest BCUT2D eigenvalue weighted by molar-refractivity contribution is 5.85. The van der Waals surface area contributed by atoms with Crippen molar-refractivity contribution in [2.45, 2.75) is 52.2 Å². The van der Waals surface area contributed by atoms with Gasteiger partial charge in [0, 0.05) is 45.3 Å². The molecule has 0 unspecified atom stereocenters. The molecule has 3 heterocycles. The number of fused-ring (bicyclic) bond motifs is 1. The summed E-state index contributed by atoms with van der Waals surface area (Å²) in [6.45, 7) is 12.2. The highest BCUT2D eigenvalue weighted by Gasteiger charge is 2.37. The van der Waals surface area contributed by atoms with Crippen molar-refractivity contribution in [1.82, 2.24) is 29.7 Å². The molecule has 1 aliphatic heterocycles. The van der Waals surface area contributed by atoms with Crippen LogP contribution in [-0.4, -0.2) is 80.3 Å². The van der Waals surface area contributed by atoms with Gasteiger partial charge in [-0.15, -0.1) is 10.2 Å². The minimum absolute atomic E-state index is 0.0398. The minimum atomic E-state index is -0.674. The van der Waals surface area contributed by atoms with Gasteiger partial charge < -0.3 is 15.0 Å². The van der Waals surface area contributed by atoms with Crippen molar-refractivity contribution in [2.75, 3.05) is 32.7 Å². The maximum atomic E-state index is 12.9. The standard InChI is InChI=1S/C21H32N6O3/c1-20(2,3)30-19(29)25-12-14-26(15-13-25)21(4,5)18(28)22-10-9-17-24-23-16-8-6-7-11-27(16)17/h6-8,11H,9-10,12-15H2,1-5H3,(H,22,28).